The largest absolute Gasteiger partial charge is 0.273 e. The van der Waals surface area contributed by atoms with Crippen LogP contribution in [0.2, 0.25) is 0 Å². The van der Waals surface area contributed by atoms with E-state index in [1.165, 1.54) is 30.1 Å². The summed E-state index contributed by atoms with van der Waals surface area (Å²) in [5.74, 6) is -0.0515. The van der Waals surface area contributed by atoms with Gasteiger partial charge in [-0.25, -0.2) is 0 Å². The minimum Gasteiger partial charge on any atom is -0.273 e. The maximum Gasteiger partial charge on any atom is 0.270 e. The van der Waals surface area contributed by atoms with Gasteiger partial charge in [-0.15, -0.1) is 5.10 Å². The SMILES string of the molecule is O=C1[C@H](Cc2ccccc2)S/C(=N\N=C/c2cccc([N+](=O)[O-])c2)N1c1ccccc1. The van der Waals surface area contributed by atoms with Gasteiger partial charge in [-0.3, -0.25) is 19.8 Å². The number of nitro benzene ring substituents is 1. The summed E-state index contributed by atoms with van der Waals surface area (Å²) in [6.45, 7) is 0. The first-order valence-corrected chi connectivity index (χ1v) is 10.4. The zero-order valence-corrected chi connectivity index (χ0v) is 17.2. The van der Waals surface area contributed by atoms with Crippen molar-refractivity contribution in [2.45, 2.75) is 11.7 Å². The summed E-state index contributed by atoms with van der Waals surface area (Å²) < 4.78 is 0. The number of amidine groups is 1. The smallest absolute Gasteiger partial charge is 0.270 e. The molecule has 7 nitrogen and oxygen atoms in total. The molecule has 0 aromatic heterocycles. The summed E-state index contributed by atoms with van der Waals surface area (Å²) in [6, 6.07) is 25.3. The average Bonchev–Trinajstić information content (AvgIpc) is 3.10. The maximum absolute atomic E-state index is 13.2. The van der Waals surface area contributed by atoms with Gasteiger partial charge >= 0.3 is 0 Å². The number of nitrogens with zero attached hydrogens (tertiary/aromatic N) is 4. The van der Waals surface area contributed by atoms with Crippen molar-refractivity contribution in [3.8, 4) is 0 Å². The number of thioether (sulfide) groups is 1. The summed E-state index contributed by atoms with van der Waals surface area (Å²) in [4.78, 5) is 25.2. The van der Waals surface area contributed by atoms with Crippen LogP contribution in [0.4, 0.5) is 11.4 Å². The lowest BCUT2D eigenvalue weighted by molar-refractivity contribution is -0.384. The number of para-hydroxylation sites is 1. The van der Waals surface area contributed by atoms with Gasteiger partial charge in [-0.1, -0.05) is 72.4 Å². The van der Waals surface area contributed by atoms with Crippen molar-refractivity contribution < 1.29 is 9.72 Å². The van der Waals surface area contributed by atoms with Crippen LogP contribution in [0.25, 0.3) is 0 Å². The highest BCUT2D eigenvalue weighted by Gasteiger charge is 2.39. The van der Waals surface area contributed by atoms with Crippen LogP contribution in [0.3, 0.4) is 0 Å². The molecule has 1 heterocycles. The van der Waals surface area contributed by atoms with Crippen molar-refractivity contribution in [2.24, 2.45) is 10.2 Å². The van der Waals surface area contributed by atoms with Gasteiger partial charge in [-0.05, 0) is 24.1 Å². The van der Waals surface area contributed by atoms with Crippen molar-refractivity contribution in [3.63, 3.8) is 0 Å². The molecule has 154 valence electrons. The second-order valence-corrected chi connectivity index (χ2v) is 7.95. The third-order valence-electron chi connectivity index (χ3n) is 4.64. The van der Waals surface area contributed by atoms with E-state index in [9.17, 15) is 14.9 Å². The Morgan fingerprint density at radius 3 is 2.42 bits per heavy atom. The van der Waals surface area contributed by atoms with Gasteiger partial charge < -0.3 is 0 Å². The van der Waals surface area contributed by atoms with Crippen LogP contribution >= 0.6 is 11.8 Å². The number of carbonyl (C=O) groups is 1. The Bertz CT molecular complexity index is 1150. The van der Waals surface area contributed by atoms with Crippen molar-refractivity contribution >= 4 is 40.4 Å². The molecule has 0 bridgehead atoms. The third-order valence-corrected chi connectivity index (χ3v) is 5.77. The molecule has 3 aromatic carbocycles. The molecule has 1 aliphatic rings. The molecule has 0 saturated carbocycles. The Kier molecular flexibility index (Phi) is 6.18. The molecule has 1 saturated heterocycles. The number of hydrogen-bond acceptors (Lipinski definition) is 6. The second kappa shape index (κ2) is 9.36. The molecule has 0 aliphatic carbocycles. The number of hydrogen-bond donors (Lipinski definition) is 0. The summed E-state index contributed by atoms with van der Waals surface area (Å²) in [7, 11) is 0. The predicted octanol–water partition coefficient (Wildman–Crippen LogP) is 4.68. The summed E-state index contributed by atoms with van der Waals surface area (Å²) in [6.07, 6.45) is 2.03. The quantitative estimate of drug-likeness (QED) is 0.323. The van der Waals surface area contributed by atoms with E-state index < -0.39 is 4.92 Å². The fourth-order valence-corrected chi connectivity index (χ4v) is 4.30. The zero-order valence-electron chi connectivity index (χ0n) is 16.4. The topological polar surface area (TPSA) is 88.2 Å². The van der Waals surface area contributed by atoms with Gasteiger partial charge in [0.05, 0.1) is 22.1 Å². The molecule has 4 rings (SSSR count). The normalized spacial score (nSPS) is 17.5. The monoisotopic (exact) mass is 430 g/mol. The van der Waals surface area contributed by atoms with Crippen molar-refractivity contribution in [3.05, 3.63) is 106 Å². The second-order valence-electron chi connectivity index (χ2n) is 6.78. The number of benzene rings is 3. The van der Waals surface area contributed by atoms with E-state index in [1.807, 2.05) is 60.7 Å². The lowest BCUT2D eigenvalue weighted by Gasteiger charge is -2.15. The van der Waals surface area contributed by atoms with Crippen LogP contribution in [0.15, 0.2) is 95.1 Å². The number of carbonyl (C=O) groups excluding carboxylic acids is 1. The van der Waals surface area contributed by atoms with E-state index in [4.69, 9.17) is 0 Å². The molecule has 3 aromatic rings. The first kappa shape index (κ1) is 20.5. The maximum atomic E-state index is 13.2. The van der Waals surface area contributed by atoms with Crippen molar-refractivity contribution in [1.29, 1.82) is 0 Å². The molecule has 1 fully saturated rings. The minimum atomic E-state index is -0.458. The molecular formula is C23H18N4O3S. The molecule has 0 spiro atoms. The number of anilines is 1. The first-order valence-electron chi connectivity index (χ1n) is 9.57. The highest BCUT2D eigenvalue weighted by atomic mass is 32.2. The Balaban J connectivity index is 1.61. The Morgan fingerprint density at radius 2 is 1.71 bits per heavy atom. The van der Waals surface area contributed by atoms with E-state index in [1.54, 1.807) is 17.0 Å². The van der Waals surface area contributed by atoms with Gasteiger partial charge in [0, 0.05) is 17.7 Å². The molecule has 0 radical (unpaired) electrons. The van der Waals surface area contributed by atoms with Crippen LogP contribution in [-0.2, 0) is 11.2 Å². The molecule has 0 N–H and O–H groups in total. The molecule has 31 heavy (non-hydrogen) atoms. The molecule has 1 aliphatic heterocycles. The van der Waals surface area contributed by atoms with E-state index >= 15 is 0 Å². The number of rotatable bonds is 6. The Hall–Kier alpha value is -3.78. The number of nitro groups is 1. The number of amides is 1. The standard InChI is InChI=1S/C23H18N4O3S/c28-22-21(15-17-8-3-1-4-9-17)31-23(26(22)19-11-5-2-6-12-19)25-24-16-18-10-7-13-20(14-18)27(29)30/h1-14,16,21H,15H2/b24-16-,25-23-/t21-/m0/s1. The lowest BCUT2D eigenvalue weighted by atomic mass is 10.1. The molecule has 1 atom stereocenters. The minimum absolute atomic E-state index is 0.0177. The molecule has 8 heteroatoms. The van der Waals surface area contributed by atoms with Crippen LogP contribution in [0, 0.1) is 10.1 Å². The fraction of sp³-hybridized carbons (Fsp3) is 0.0870. The van der Waals surface area contributed by atoms with E-state index in [0.717, 1.165) is 11.3 Å². The summed E-state index contributed by atoms with van der Waals surface area (Å²) in [5.41, 5.74) is 2.33. The van der Waals surface area contributed by atoms with Gasteiger partial charge in [0.2, 0.25) is 5.91 Å². The first-order chi connectivity index (χ1) is 15.1. The van der Waals surface area contributed by atoms with Gasteiger partial charge in [0.25, 0.3) is 5.69 Å². The summed E-state index contributed by atoms with van der Waals surface area (Å²) in [5, 5.41) is 19.5. The van der Waals surface area contributed by atoms with E-state index in [0.29, 0.717) is 17.2 Å². The van der Waals surface area contributed by atoms with E-state index in [2.05, 4.69) is 10.2 Å². The lowest BCUT2D eigenvalue weighted by Crippen LogP contribution is -2.32. The predicted molar refractivity (Wildman–Crippen MR) is 124 cm³/mol. The Labute approximate surface area is 183 Å². The highest BCUT2D eigenvalue weighted by molar-refractivity contribution is 8.16. The van der Waals surface area contributed by atoms with Gasteiger partial charge in [0.15, 0.2) is 5.17 Å². The van der Waals surface area contributed by atoms with E-state index in [-0.39, 0.29) is 16.8 Å². The third kappa shape index (κ3) is 4.87. The average molecular weight is 430 g/mol. The molecular weight excluding hydrogens is 412 g/mol. The van der Waals surface area contributed by atoms with Crippen LogP contribution < -0.4 is 4.90 Å². The Morgan fingerprint density at radius 1 is 1.00 bits per heavy atom. The molecule has 0 unspecified atom stereocenters. The highest BCUT2D eigenvalue weighted by Crippen LogP contribution is 2.33. The number of non-ortho nitro benzene ring substituents is 1. The van der Waals surface area contributed by atoms with Crippen LogP contribution in [0.1, 0.15) is 11.1 Å². The summed E-state index contributed by atoms with van der Waals surface area (Å²) >= 11 is 1.36. The zero-order chi connectivity index (χ0) is 21.6. The van der Waals surface area contributed by atoms with Crippen LogP contribution in [-0.4, -0.2) is 27.5 Å². The molecule has 1 amide bonds. The fourth-order valence-electron chi connectivity index (χ4n) is 3.17. The van der Waals surface area contributed by atoms with Crippen LogP contribution in [0.5, 0.6) is 0 Å². The van der Waals surface area contributed by atoms with Crippen molar-refractivity contribution in [2.75, 3.05) is 4.90 Å². The van der Waals surface area contributed by atoms with Gasteiger partial charge in [-0.2, -0.15) is 5.10 Å². The van der Waals surface area contributed by atoms with Gasteiger partial charge in [0.1, 0.15) is 0 Å². The van der Waals surface area contributed by atoms with Crippen molar-refractivity contribution in [1.82, 2.24) is 0 Å².